The number of pyridine rings is 1. The van der Waals surface area contributed by atoms with Gasteiger partial charge in [-0.3, -0.25) is 4.98 Å². The number of nitrogens with one attached hydrogen (secondary N) is 1. The van der Waals surface area contributed by atoms with Crippen LogP contribution in [-0.4, -0.2) is 16.6 Å². The van der Waals surface area contributed by atoms with E-state index in [0.29, 0.717) is 12.4 Å². The minimum absolute atomic E-state index is 0.631. The van der Waals surface area contributed by atoms with Crippen LogP contribution in [-0.2, 0) is 4.74 Å². The van der Waals surface area contributed by atoms with Crippen LogP contribution in [0.2, 0.25) is 0 Å². The Hall–Kier alpha value is -1.77. The number of ether oxygens (including phenoxy) is 1. The molecule has 14 heavy (non-hydrogen) atoms. The summed E-state index contributed by atoms with van der Waals surface area (Å²) >= 11 is 0. The molecule has 3 heteroatoms. The molecule has 2 rings (SSSR count). The van der Waals surface area contributed by atoms with Gasteiger partial charge in [-0.25, -0.2) is 0 Å². The molecule has 1 N–H and O–H groups in total. The summed E-state index contributed by atoms with van der Waals surface area (Å²) in [6.45, 7) is 6.41. The first kappa shape index (κ1) is 8.81. The predicted molar refractivity (Wildman–Crippen MR) is 56.8 cm³/mol. The van der Waals surface area contributed by atoms with E-state index >= 15 is 0 Å². The molecule has 0 aliphatic rings. The number of rotatable bonds is 3. The van der Waals surface area contributed by atoms with Gasteiger partial charge in [-0.2, -0.15) is 0 Å². The summed E-state index contributed by atoms with van der Waals surface area (Å²) in [5.74, 6) is 0.670. The molecule has 0 bridgehead atoms. The second-order valence-electron chi connectivity index (χ2n) is 3.00. The maximum absolute atomic E-state index is 5.31. The molecule has 0 atom stereocenters. The van der Waals surface area contributed by atoms with E-state index in [1.165, 1.54) is 0 Å². The predicted octanol–water partition coefficient (Wildman–Crippen LogP) is 2.57. The lowest BCUT2D eigenvalue weighted by Gasteiger charge is -2.02. The van der Waals surface area contributed by atoms with E-state index in [1.54, 1.807) is 12.4 Å². The Morgan fingerprint density at radius 1 is 1.64 bits per heavy atom. The van der Waals surface area contributed by atoms with Crippen molar-refractivity contribution < 1.29 is 4.74 Å². The van der Waals surface area contributed by atoms with E-state index in [9.17, 15) is 0 Å². The van der Waals surface area contributed by atoms with Crippen LogP contribution in [0.1, 0.15) is 12.6 Å². The molecule has 0 fully saturated rings. The molecule has 0 radical (unpaired) electrons. The molecule has 0 aliphatic carbocycles. The number of fused-ring (bicyclic) bond motifs is 1. The summed E-state index contributed by atoms with van der Waals surface area (Å²) in [4.78, 5) is 7.22. The molecule has 0 saturated heterocycles. The molecule has 0 aromatic carbocycles. The third-order valence-corrected chi connectivity index (χ3v) is 2.04. The second-order valence-corrected chi connectivity index (χ2v) is 3.00. The minimum atomic E-state index is 0.631. The molecule has 72 valence electrons. The molecular weight excluding hydrogens is 176 g/mol. The van der Waals surface area contributed by atoms with E-state index in [0.717, 1.165) is 16.6 Å². The van der Waals surface area contributed by atoms with Gasteiger partial charge < -0.3 is 9.72 Å². The summed E-state index contributed by atoms with van der Waals surface area (Å²) in [6.07, 6.45) is 3.56. The molecule has 2 aromatic heterocycles. The molecule has 2 aromatic rings. The first-order valence-corrected chi connectivity index (χ1v) is 4.56. The van der Waals surface area contributed by atoms with Gasteiger partial charge in [0.2, 0.25) is 0 Å². The maximum atomic E-state index is 5.31. The number of nitrogens with zero attached hydrogens (tertiary/aromatic N) is 1. The summed E-state index contributed by atoms with van der Waals surface area (Å²) in [5, 5.41) is 1.12. The standard InChI is InChI=1S/C11H12N2O/c1-3-14-8(2)10-6-9-4-5-12-7-11(9)13-10/h4-7,13H,2-3H2,1H3. The highest BCUT2D eigenvalue weighted by Crippen LogP contribution is 2.19. The van der Waals surface area contributed by atoms with Crippen LogP contribution in [0.15, 0.2) is 31.1 Å². The van der Waals surface area contributed by atoms with Crippen molar-refractivity contribution in [2.24, 2.45) is 0 Å². The average molecular weight is 188 g/mol. The lowest BCUT2D eigenvalue weighted by molar-refractivity contribution is 0.298. The van der Waals surface area contributed by atoms with Crippen LogP contribution < -0.4 is 0 Å². The van der Waals surface area contributed by atoms with Crippen molar-refractivity contribution in [2.75, 3.05) is 6.61 Å². The van der Waals surface area contributed by atoms with Crippen molar-refractivity contribution in [1.29, 1.82) is 0 Å². The van der Waals surface area contributed by atoms with Crippen molar-refractivity contribution in [3.8, 4) is 0 Å². The topological polar surface area (TPSA) is 37.9 Å². The first-order valence-electron chi connectivity index (χ1n) is 4.56. The van der Waals surface area contributed by atoms with E-state index in [1.807, 2.05) is 19.1 Å². The van der Waals surface area contributed by atoms with Gasteiger partial charge in [0.05, 0.1) is 24.0 Å². The van der Waals surface area contributed by atoms with Crippen molar-refractivity contribution in [3.63, 3.8) is 0 Å². The van der Waals surface area contributed by atoms with Gasteiger partial charge in [-0.05, 0) is 19.1 Å². The maximum Gasteiger partial charge on any atom is 0.135 e. The van der Waals surface area contributed by atoms with Crippen molar-refractivity contribution >= 4 is 16.7 Å². The van der Waals surface area contributed by atoms with Crippen LogP contribution in [0.4, 0.5) is 0 Å². The molecule has 0 unspecified atom stereocenters. The zero-order chi connectivity index (χ0) is 9.97. The Bertz CT molecular complexity index is 426. The van der Waals surface area contributed by atoms with Crippen molar-refractivity contribution in [1.82, 2.24) is 9.97 Å². The summed E-state index contributed by atoms with van der Waals surface area (Å²) in [5.41, 5.74) is 1.92. The molecule has 0 amide bonds. The Morgan fingerprint density at radius 2 is 2.50 bits per heavy atom. The van der Waals surface area contributed by atoms with Gasteiger partial charge in [0, 0.05) is 11.6 Å². The van der Waals surface area contributed by atoms with E-state index < -0.39 is 0 Å². The van der Waals surface area contributed by atoms with Gasteiger partial charge in [-0.1, -0.05) is 6.58 Å². The van der Waals surface area contributed by atoms with Crippen LogP contribution in [0, 0.1) is 0 Å². The highest BCUT2D eigenvalue weighted by Gasteiger charge is 2.03. The molecule has 0 spiro atoms. The normalized spacial score (nSPS) is 10.4. The molecule has 3 nitrogen and oxygen atoms in total. The van der Waals surface area contributed by atoms with Crippen molar-refractivity contribution in [2.45, 2.75) is 6.92 Å². The van der Waals surface area contributed by atoms with Crippen LogP contribution >= 0.6 is 0 Å². The van der Waals surface area contributed by atoms with Crippen LogP contribution in [0.5, 0.6) is 0 Å². The zero-order valence-corrected chi connectivity index (χ0v) is 8.08. The number of hydrogen-bond donors (Lipinski definition) is 1. The zero-order valence-electron chi connectivity index (χ0n) is 8.08. The largest absolute Gasteiger partial charge is 0.492 e. The SMILES string of the molecule is C=C(OCC)c1cc2ccncc2[nH]1. The number of H-pyrrole nitrogens is 1. The smallest absolute Gasteiger partial charge is 0.135 e. The summed E-state index contributed by atoms with van der Waals surface area (Å²) in [6, 6.07) is 3.96. The van der Waals surface area contributed by atoms with E-state index in [2.05, 4.69) is 16.5 Å². The number of aromatic nitrogens is 2. The fraction of sp³-hybridized carbons (Fsp3) is 0.182. The average Bonchev–Trinajstić information content (AvgIpc) is 2.61. The Balaban J connectivity index is 2.40. The fourth-order valence-electron chi connectivity index (χ4n) is 1.37. The third-order valence-electron chi connectivity index (χ3n) is 2.04. The monoisotopic (exact) mass is 188 g/mol. The molecule has 2 heterocycles. The number of aromatic amines is 1. The molecule has 0 saturated carbocycles. The highest BCUT2D eigenvalue weighted by atomic mass is 16.5. The minimum Gasteiger partial charge on any atom is -0.492 e. The first-order chi connectivity index (χ1) is 6.81. The Morgan fingerprint density at radius 3 is 3.21 bits per heavy atom. The quantitative estimate of drug-likeness (QED) is 0.752. The molecular formula is C11H12N2O. The molecule has 0 aliphatic heterocycles. The van der Waals surface area contributed by atoms with Gasteiger partial charge in [-0.15, -0.1) is 0 Å². The lowest BCUT2D eigenvalue weighted by atomic mass is 10.3. The second kappa shape index (κ2) is 3.54. The van der Waals surface area contributed by atoms with Crippen LogP contribution in [0.3, 0.4) is 0 Å². The lowest BCUT2D eigenvalue weighted by Crippen LogP contribution is -1.89. The summed E-state index contributed by atoms with van der Waals surface area (Å²) < 4.78 is 5.31. The third kappa shape index (κ3) is 1.48. The fourth-order valence-corrected chi connectivity index (χ4v) is 1.37. The highest BCUT2D eigenvalue weighted by molar-refractivity contribution is 5.82. The van der Waals surface area contributed by atoms with Crippen molar-refractivity contribution in [3.05, 3.63) is 36.8 Å². The Labute approximate surface area is 82.4 Å². The van der Waals surface area contributed by atoms with Gasteiger partial charge >= 0.3 is 0 Å². The number of hydrogen-bond acceptors (Lipinski definition) is 2. The van der Waals surface area contributed by atoms with Gasteiger partial charge in [0.15, 0.2) is 0 Å². The van der Waals surface area contributed by atoms with Gasteiger partial charge in [0.1, 0.15) is 5.76 Å². The Kier molecular flexibility index (Phi) is 2.23. The van der Waals surface area contributed by atoms with E-state index in [4.69, 9.17) is 4.74 Å². The van der Waals surface area contributed by atoms with Crippen LogP contribution in [0.25, 0.3) is 16.7 Å². The summed E-state index contributed by atoms with van der Waals surface area (Å²) in [7, 11) is 0. The van der Waals surface area contributed by atoms with E-state index in [-0.39, 0.29) is 0 Å². The van der Waals surface area contributed by atoms with Gasteiger partial charge in [0.25, 0.3) is 0 Å².